The van der Waals surface area contributed by atoms with E-state index >= 15 is 0 Å². The Morgan fingerprint density at radius 2 is 1.67 bits per heavy atom. The van der Waals surface area contributed by atoms with Gasteiger partial charge in [0.1, 0.15) is 0 Å². The lowest BCUT2D eigenvalue weighted by molar-refractivity contribution is 0.0864. The van der Waals surface area contributed by atoms with Crippen LogP contribution in [0.15, 0.2) is 59.4 Å². The van der Waals surface area contributed by atoms with E-state index in [1.54, 1.807) is 24.3 Å². The van der Waals surface area contributed by atoms with Gasteiger partial charge in [0, 0.05) is 11.9 Å². The van der Waals surface area contributed by atoms with Crippen molar-refractivity contribution in [2.75, 3.05) is 12.3 Å². The SMILES string of the molecule is O=C(c1nn(Cc2ccccc2)c(=O)c2ccccc12)N1CCCS1(=O)=O. The number of hydrogen-bond donors (Lipinski definition) is 0. The monoisotopic (exact) mass is 383 g/mol. The molecule has 7 nitrogen and oxygen atoms in total. The number of carbonyl (C=O) groups is 1. The zero-order valence-corrected chi connectivity index (χ0v) is 15.2. The molecule has 1 saturated heterocycles. The van der Waals surface area contributed by atoms with Crippen molar-refractivity contribution in [1.29, 1.82) is 0 Å². The molecule has 2 aromatic carbocycles. The number of hydrogen-bond acceptors (Lipinski definition) is 5. The summed E-state index contributed by atoms with van der Waals surface area (Å²) in [5.41, 5.74) is 0.511. The highest BCUT2D eigenvalue weighted by atomic mass is 32.2. The summed E-state index contributed by atoms with van der Waals surface area (Å²) in [6.07, 6.45) is 0.398. The predicted octanol–water partition coefficient (Wildman–Crippen LogP) is 1.62. The zero-order chi connectivity index (χ0) is 19.0. The normalized spacial score (nSPS) is 15.9. The summed E-state index contributed by atoms with van der Waals surface area (Å²) < 4.78 is 26.4. The molecule has 3 aromatic rings. The number of sulfonamides is 1. The second-order valence-electron chi connectivity index (χ2n) is 6.39. The van der Waals surface area contributed by atoms with E-state index < -0.39 is 15.9 Å². The summed E-state index contributed by atoms with van der Waals surface area (Å²) in [4.78, 5) is 25.8. The van der Waals surface area contributed by atoms with Gasteiger partial charge in [-0.1, -0.05) is 48.5 Å². The molecule has 0 aliphatic carbocycles. The molecule has 0 unspecified atom stereocenters. The van der Waals surface area contributed by atoms with Gasteiger partial charge in [0.25, 0.3) is 11.5 Å². The fourth-order valence-corrected chi connectivity index (χ4v) is 4.70. The topological polar surface area (TPSA) is 89.3 Å². The van der Waals surface area contributed by atoms with Crippen LogP contribution in [0, 0.1) is 0 Å². The Hall–Kier alpha value is -3.00. The van der Waals surface area contributed by atoms with E-state index in [2.05, 4.69) is 5.10 Å². The maximum atomic E-state index is 13.0. The molecule has 138 valence electrons. The summed E-state index contributed by atoms with van der Waals surface area (Å²) in [6.45, 7) is 0.326. The van der Waals surface area contributed by atoms with Gasteiger partial charge in [0.05, 0.1) is 17.7 Å². The van der Waals surface area contributed by atoms with Crippen LogP contribution in [0.4, 0.5) is 0 Å². The van der Waals surface area contributed by atoms with E-state index in [0.717, 1.165) is 9.87 Å². The standard InChI is InChI=1S/C19H17N3O4S/c23-18-16-10-5-4-9-15(16)17(19(24)22-11-6-12-27(22,25)26)20-21(18)13-14-7-2-1-3-8-14/h1-5,7-10H,6,11-13H2. The fourth-order valence-electron chi connectivity index (χ4n) is 3.24. The molecule has 2 heterocycles. The second-order valence-corrected chi connectivity index (χ2v) is 8.40. The van der Waals surface area contributed by atoms with Crippen molar-refractivity contribution in [2.24, 2.45) is 0 Å². The first-order chi connectivity index (χ1) is 13.0. The average molecular weight is 383 g/mol. The Balaban J connectivity index is 1.88. The molecule has 0 bridgehead atoms. The first kappa shape index (κ1) is 17.4. The molecule has 1 fully saturated rings. The number of aromatic nitrogens is 2. The summed E-state index contributed by atoms with van der Waals surface area (Å²) in [7, 11) is -3.63. The molecule has 0 saturated carbocycles. The Bertz CT molecular complexity index is 1190. The fraction of sp³-hybridized carbons (Fsp3) is 0.211. The third-order valence-corrected chi connectivity index (χ3v) is 6.40. The Morgan fingerprint density at radius 1 is 1.00 bits per heavy atom. The Morgan fingerprint density at radius 3 is 2.33 bits per heavy atom. The first-order valence-corrected chi connectivity index (χ1v) is 10.2. The summed E-state index contributed by atoms with van der Waals surface area (Å²) in [5.74, 6) is -0.745. The van der Waals surface area contributed by atoms with Crippen molar-refractivity contribution in [3.63, 3.8) is 0 Å². The van der Waals surface area contributed by atoms with Gasteiger partial charge in [-0.15, -0.1) is 0 Å². The van der Waals surface area contributed by atoms with Crippen LogP contribution in [0.25, 0.3) is 10.8 Å². The van der Waals surface area contributed by atoms with Gasteiger partial charge in [-0.25, -0.2) is 17.4 Å². The second kappa shape index (κ2) is 6.62. The van der Waals surface area contributed by atoms with Crippen LogP contribution in [0.2, 0.25) is 0 Å². The molecule has 1 aliphatic rings. The highest BCUT2D eigenvalue weighted by molar-refractivity contribution is 7.89. The first-order valence-electron chi connectivity index (χ1n) is 8.56. The van der Waals surface area contributed by atoms with Crippen LogP contribution < -0.4 is 5.56 Å². The molecular weight excluding hydrogens is 366 g/mol. The number of nitrogens with zero attached hydrogens (tertiary/aromatic N) is 3. The smallest absolute Gasteiger partial charge is 0.267 e. The summed E-state index contributed by atoms with van der Waals surface area (Å²) in [5, 5.41) is 4.95. The minimum absolute atomic E-state index is 0.0217. The Kier molecular flexibility index (Phi) is 4.27. The third-order valence-electron chi connectivity index (χ3n) is 4.57. The third kappa shape index (κ3) is 3.12. The highest BCUT2D eigenvalue weighted by Gasteiger charge is 2.35. The lowest BCUT2D eigenvalue weighted by Crippen LogP contribution is -2.35. The van der Waals surface area contributed by atoms with E-state index in [0.29, 0.717) is 17.2 Å². The van der Waals surface area contributed by atoms with Gasteiger partial charge in [-0.3, -0.25) is 9.59 Å². The molecule has 27 heavy (non-hydrogen) atoms. The maximum absolute atomic E-state index is 13.0. The van der Waals surface area contributed by atoms with E-state index in [4.69, 9.17) is 0 Å². The predicted molar refractivity (Wildman–Crippen MR) is 101 cm³/mol. The highest BCUT2D eigenvalue weighted by Crippen LogP contribution is 2.21. The molecule has 1 aliphatic heterocycles. The molecule has 8 heteroatoms. The van der Waals surface area contributed by atoms with Crippen LogP contribution in [-0.2, 0) is 16.6 Å². The largest absolute Gasteiger partial charge is 0.288 e. The van der Waals surface area contributed by atoms with Crippen LogP contribution in [-0.4, -0.2) is 40.7 Å². The number of benzene rings is 2. The van der Waals surface area contributed by atoms with Crippen LogP contribution in [0.5, 0.6) is 0 Å². The molecule has 0 N–H and O–H groups in total. The molecule has 1 aromatic heterocycles. The molecule has 0 atom stereocenters. The van der Waals surface area contributed by atoms with Crippen LogP contribution in [0.1, 0.15) is 22.5 Å². The lowest BCUT2D eigenvalue weighted by atomic mass is 10.1. The summed E-state index contributed by atoms with van der Waals surface area (Å²) in [6, 6.07) is 15.9. The van der Waals surface area contributed by atoms with Crippen LogP contribution in [0.3, 0.4) is 0 Å². The molecule has 1 amide bonds. The van der Waals surface area contributed by atoms with E-state index in [1.807, 2.05) is 30.3 Å². The zero-order valence-electron chi connectivity index (χ0n) is 14.4. The van der Waals surface area contributed by atoms with Gasteiger partial charge in [0.2, 0.25) is 10.0 Å². The molecular formula is C19H17N3O4S. The van der Waals surface area contributed by atoms with Gasteiger partial charge in [-0.05, 0) is 18.1 Å². The molecule has 0 radical (unpaired) electrons. The minimum atomic E-state index is -3.63. The quantitative estimate of drug-likeness (QED) is 0.686. The van der Waals surface area contributed by atoms with Gasteiger partial charge >= 0.3 is 0 Å². The van der Waals surface area contributed by atoms with Crippen molar-refractivity contribution in [3.05, 3.63) is 76.2 Å². The number of carbonyl (C=O) groups excluding carboxylic acids is 1. The number of fused-ring (bicyclic) bond motifs is 1. The van der Waals surface area contributed by atoms with Crippen molar-refractivity contribution >= 4 is 26.7 Å². The van der Waals surface area contributed by atoms with Crippen LogP contribution >= 0.6 is 0 Å². The molecule has 4 rings (SSSR count). The maximum Gasteiger partial charge on any atom is 0.288 e. The Labute approximate surface area is 155 Å². The number of rotatable bonds is 3. The van der Waals surface area contributed by atoms with Gasteiger partial charge in [0.15, 0.2) is 5.69 Å². The van der Waals surface area contributed by atoms with E-state index in [-0.39, 0.29) is 30.1 Å². The van der Waals surface area contributed by atoms with E-state index in [1.165, 1.54) is 4.68 Å². The van der Waals surface area contributed by atoms with Crippen molar-refractivity contribution < 1.29 is 13.2 Å². The average Bonchev–Trinajstić information content (AvgIpc) is 3.03. The van der Waals surface area contributed by atoms with E-state index in [9.17, 15) is 18.0 Å². The molecule has 0 spiro atoms. The van der Waals surface area contributed by atoms with Crippen molar-refractivity contribution in [3.8, 4) is 0 Å². The van der Waals surface area contributed by atoms with Gasteiger partial charge < -0.3 is 0 Å². The lowest BCUT2D eigenvalue weighted by Gasteiger charge is -2.16. The number of amides is 1. The summed E-state index contributed by atoms with van der Waals surface area (Å²) >= 11 is 0. The van der Waals surface area contributed by atoms with Gasteiger partial charge in [-0.2, -0.15) is 5.10 Å². The minimum Gasteiger partial charge on any atom is -0.267 e. The van der Waals surface area contributed by atoms with Crippen molar-refractivity contribution in [2.45, 2.75) is 13.0 Å². The van der Waals surface area contributed by atoms with Crippen molar-refractivity contribution in [1.82, 2.24) is 14.1 Å².